The quantitative estimate of drug-likeness (QED) is 0.864. The lowest BCUT2D eigenvalue weighted by molar-refractivity contribution is 0.494. The number of nitrogens with one attached hydrogen (secondary N) is 1. The summed E-state index contributed by atoms with van der Waals surface area (Å²) in [5.41, 5.74) is 0.765. The molecule has 1 aromatic carbocycles. The van der Waals surface area contributed by atoms with Gasteiger partial charge in [-0.3, -0.25) is 0 Å². The molecule has 1 rings (SSSR count). The van der Waals surface area contributed by atoms with Crippen LogP contribution >= 0.6 is 11.8 Å². The Balaban J connectivity index is 2.64. The van der Waals surface area contributed by atoms with E-state index < -0.39 is 11.6 Å². The van der Waals surface area contributed by atoms with Crippen molar-refractivity contribution >= 4 is 11.8 Å². The molecule has 0 aliphatic heterocycles. The van der Waals surface area contributed by atoms with E-state index in [1.807, 2.05) is 6.92 Å². The first-order chi connectivity index (χ1) is 7.85. The van der Waals surface area contributed by atoms with Crippen molar-refractivity contribution < 1.29 is 8.78 Å². The number of thioether (sulfide) groups is 1. The first kappa shape index (κ1) is 14.5. The second-order valence-corrected chi connectivity index (χ2v) is 6.25. The third-order valence-electron chi connectivity index (χ3n) is 2.83. The minimum absolute atomic E-state index is 0.0107. The van der Waals surface area contributed by atoms with Crippen LogP contribution in [0.1, 0.15) is 32.4 Å². The van der Waals surface area contributed by atoms with E-state index in [1.165, 1.54) is 12.1 Å². The number of hydrogen-bond donors (Lipinski definition) is 1. The van der Waals surface area contributed by atoms with Crippen LogP contribution in [0.4, 0.5) is 8.78 Å². The highest BCUT2D eigenvalue weighted by molar-refractivity contribution is 7.99. The Morgan fingerprint density at radius 1 is 1.29 bits per heavy atom. The summed E-state index contributed by atoms with van der Waals surface area (Å²) in [6.45, 7) is 7.04. The Bertz CT molecular complexity index is 380. The van der Waals surface area contributed by atoms with Crippen LogP contribution in [-0.2, 0) is 0 Å². The van der Waals surface area contributed by atoms with Gasteiger partial charge in [-0.25, -0.2) is 8.78 Å². The molecule has 0 spiro atoms. The Kier molecular flexibility index (Phi) is 4.95. The normalized spacial score (nSPS) is 13.8. The van der Waals surface area contributed by atoms with E-state index in [0.29, 0.717) is 0 Å². The zero-order chi connectivity index (χ0) is 13.1. The topological polar surface area (TPSA) is 12.0 Å². The molecule has 17 heavy (non-hydrogen) atoms. The molecule has 0 fully saturated rings. The van der Waals surface area contributed by atoms with E-state index in [2.05, 4.69) is 25.4 Å². The minimum Gasteiger partial charge on any atom is -0.309 e. The molecule has 1 N–H and O–H groups in total. The molecule has 0 saturated carbocycles. The lowest BCUT2D eigenvalue weighted by Gasteiger charge is -2.25. The summed E-state index contributed by atoms with van der Waals surface area (Å²) in [6, 6.07) is 4.04. The maximum atomic E-state index is 13.1. The molecule has 0 saturated heterocycles. The molecule has 0 aliphatic rings. The highest BCUT2D eigenvalue weighted by atomic mass is 32.2. The van der Waals surface area contributed by atoms with Gasteiger partial charge in [-0.2, -0.15) is 11.8 Å². The Labute approximate surface area is 106 Å². The summed E-state index contributed by atoms with van der Waals surface area (Å²) in [4.78, 5) is 0. The molecule has 0 radical (unpaired) electrons. The van der Waals surface area contributed by atoms with Crippen molar-refractivity contribution in [3.8, 4) is 0 Å². The number of halogens is 2. The number of rotatable bonds is 5. The van der Waals surface area contributed by atoms with Gasteiger partial charge in [0.05, 0.1) is 0 Å². The Morgan fingerprint density at radius 2 is 1.94 bits per heavy atom. The molecule has 0 heterocycles. The van der Waals surface area contributed by atoms with Crippen LogP contribution in [0.15, 0.2) is 18.2 Å². The fraction of sp³-hybridized carbons (Fsp3) is 0.538. The van der Waals surface area contributed by atoms with Crippen molar-refractivity contribution in [1.82, 2.24) is 5.32 Å². The lowest BCUT2D eigenvalue weighted by atomic mass is 10.1. The first-order valence-electron chi connectivity index (χ1n) is 5.59. The molecule has 0 amide bonds. The van der Waals surface area contributed by atoms with E-state index in [1.54, 1.807) is 17.8 Å². The van der Waals surface area contributed by atoms with Crippen LogP contribution in [0, 0.1) is 11.6 Å². The maximum absolute atomic E-state index is 13.1. The summed E-state index contributed by atoms with van der Waals surface area (Å²) in [5.74, 6) is -1.59. The van der Waals surface area contributed by atoms with Gasteiger partial charge in [0, 0.05) is 17.3 Å². The standard InChI is InChI=1S/C13H19F2NS/c1-9(16-8-13(2,3)17-4)10-5-6-11(14)12(15)7-10/h5-7,9,16H,8H2,1-4H3. The molecule has 0 aliphatic carbocycles. The molecule has 1 aromatic rings. The average molecular weight is 259 g/mol. The lowest BCUT2D eigenvalue weighted by Crippen LogP contribution is -2.33. The fourth-order valence-corrected chi connectivity index (χ4v) is 1.60. The van der Waals surface area contributed by atoms with Crippen LogP contribution < -0.4 is 5.32 Å². The molecule has 0 bridgehead atoms. The van der Waals surface area contributed by atoms with Gasteiger partial charge < -0.3 is 5.32 Å². The van der Waals surface area contributed by atoms with Gasteiger partial charge >= 0.3 is 0 Å². The molecular weight excluding hydrogens is 240 g/mol. The second-order valence-electron chi connectivity index (χ2n) is 4.74. The molecule has 1 nitrogen and oxygen atoms in total. The van der Waals surface area contributed by atoms with Crippen molar-refractivity contribution in [2.24, 2.45) is 0 Å². The van der Waals surface area contributed by atoms with Gasteiger partial charge in [0.25, 0.3) is 0 Å². The SMILES string of the molecule is CSC(C)(C)CNC(C)c1ccc(F)c(F)c1. The molecular formula is C13H19F2NS. The third kappa shape index (κ3) is 4.28. The predicted octanol–water partition coefficient (Wildman–Crippen LogP) is 3.76. The minimum atomic E-state index is -0.801. The van der Waals surface area contributed by atoms with Crippen molar-refractivity contribution in [2.45, 2.75) is 31.6 Å². The number of hydrogen-bond acceptors (Lipinski definition) is 2. The summed E-state index contributed by atoms with van der Waals surface area (Å²) in [5, 5.41) is 3.33. The zero-order valence-electron chi connectivity index (χ0n) is 10.7. The van der Waals surface area contributed by atoms with Gasteiger partial charge in [-0.15, -0.1) is 0 Å². The molecule has 96 valence electrons. The summed E-state index contributed by atoms with van der Waals surface area (Å²) >= 11 is 1.77. The summed E-state index contributed by atoms with van der Waals surface area (Å²) in [6.07, 6.45) is 2.06. The highest BCUT2D eigenvalue weighted by Gasteiger charge is 2.17. The fourth-order valence-electron chi connectivity index (χ4n) is 1.37. The van der Waals surface area contributed by atoms with Crippen molar-refractivity contribution in [1.29, 1.82) is 0 Å². The van der Waals surface area contributed by atoms with Crippen molar-refractivity contribution in [3.63, 3.8) is 0 Å². The van der Waals surface area contributed by atoms with E-state index >= 15 is 0 Å². The van der Waals surface area contributed by atoms with Crippen LogP contribution in [0.25, 0.3) is 0 Å². The van der Waals surface area contributed by atoms with Crippen LogP contribution in [0.2, 0.25) is 0 Å². The van der Waals surface area contributed by atoms with E-state index in [4.69, 9.17) is 0 Å². The average Bonchev–Trinajstić information content (AvgIpc) is 2.30. The van der Waals surface area contributed by atoms with Gasteiger partial charge in [-0.1, -0.05) is 6.07 Å². The third-order valence-corrected chi connectivity index (χ3v) is 4.08. The smallest absolute Gasteiger partial charge is 0.159 e. The van der Waals surface area contributed by atoms with Crippen LogP contribution in [-0.4, -0.2) is 17.5 Å². The van der Waals surface area contributed by atoms with Gasteiger partial charge in [0.15, 0.2) is 11.6 Å². The van der Waals surface area contributed by atoms with Crippen molar-refractivity contribution in [3.05, 3.63) is 35.4 Å². The molecule has 1 atom stereocenters. The van der Waals surface area contributed by atoms with E-state index in [-0.39, 0.29) is 10.8 Å². The maximum Gasteiger partial charge on any atom is 0.159 e. The molecule has 1 unspecified atom stereocenters. The zero-order valence-corrected chi connectivity index (χ0v) is 11.5. The number of benzene rings is 1. The first-order valence-corrected chi connectivity index (χ1v) is 6.81. The molecule has 4 heteroatoms. The van der Waals surface area contributed by atoms with Gasteiger partial charge in [0.2, 0.25) is 0 Å². The van der Waals surface area contributed by atoms with E-state index in [9.17, 15) is 8.78 Å². The second kappa shape index (κ2) is 5.83. The van der Waals surface area contributed by atoms with Crippen molar-refractivity contribution in [2.75, 3.05) is 12.8 Å². The summed E-state index contributed by atoms with van der Waals surface area (Å²) in [7, 11) is 0. The predicted molar refractivity (Wildman–Crippen MR) is 70.4 cm³/mol. The Hall–Kier alpha value is -0.610. The Morgan fingerprint density at radius 3 is 2.47 bits per heavy atom. The summed E-state index contributed by atoms with van der Waals surface area (Å²) < 4.78 is 26.0. The molecule has 0 aromatic heterocycles. The van der Waals surface area contributed by atoms with Crippen LogP contribution in [0.3, 0.4) is 0 Å². The van der Waals surface area contributed by atoms with Gasteiger partial charge in [0.1, 0.15) is 0 Å². The highest BCUT2D eigenvalue weighted by Crippen LogP contribution is 2.22. The largest absolute Gasteiger partial charge is 0.309 e. The van der Waals surface area contributed by atoms with E-state index in [0.717, 1.165) is 12.1 Å². The van der Waals surface area contributed by atoms with Crippen LogP contribution in [0.5, 0.6) is 0 Å². The monoisotopic (exact) mass is 259 g/mol. The van der Waals surface area contributed by atoms with Gasteiger partial charge in [-0.05, 0) is 44.7 Å².